The molecule has 32 nitrogen and oxygen atoms in total. The zero-order chi connectivity index (χ0) is 101. The van der Waals surface area contributed by atoms with Gasteiger partial charge in [-0.15, -0.1) is 34.0 Å². The predicted molar refractivity (Wildman–Crippen MR) is 576 cm³/mol. The molecule has 2 aliphatic heterocycles. The van der Waals surface area contributed by atoms with Crippen LogP contribution in [0.2, 0.25) is 0 Å². The Balaban J connectivity index is 0.746. The van der Waals surface area contributed by atoms with Gasteiger partial charge in [0.25, 0.3) is 0 Å². The molecule has 2 fully saturated rings. The second-order valence-corrected chi connectivity index (χ2v) is 42.2. The van der Waals surface area contributed by atoms with E-state index in [1.807, 2.05) is 97.1 Å². The highest BCUT2D eigenvalue weighted by Gasteiger charge is 2.43. The van der Waals surface area contributed by atoms with Crippen LogP contribution in [0.1, 0.15) is 74.3 Å². The Bertz CT molecular complexity index is 5970. The molecule has 4 atom stereocenters. The minimum absolute atomic E-state index is 0.0628. The first-order valence-corrected chi connectivity index (χ1v) is 57.7. The van der Waals surface area contributed by atoms with Gasteiger partial charge in [0.1, 0.15) is 94.7 Å². The molecule has 4 unspecified atom stereocenters. The van der Waals surface area contributed by atoms with Crippen molar-refractivity contribution in [2.75, 3.05) is 231 Å². The molecule has 0 aliphatic carbocycles. The van der Waals surface area contributed by atoms with E-state index in [1.165, 1.54) is 51.9 Å². The molecule has 0 saturated carbocycles. The fourth-order valence-corrected chi connectivity index (χ4v) is 24.1. The molecule has 0 amide bonds. The van der Waals surface area contributed by atoms with Crippen molar-refractivity contribution in [2.45, 2.75) is 102 Å². The molecule has 782 valence electrons. The molecule has 13 aromatic rings. The Hall–Kier alpha value is -7.46. The van der Waals surface area contributed by atoms with Crippen LogP contribution in [-0.4, -0.2) is 336 Å². The van der Waals surface area contributed by atoms with Crippen LogP contribution < -0.4 is 18.9 Å². The van der Waals surface area contributed by atoms with Gasteiger partial charge < -0.3 is 116 Å². The average molecular weight is 2160 g/mol. The van der Waals surface area contributed by atoms with Crippen molar-refractivity contribution in [1.29, 1.82) is 0 Å². The van der Waals surface area contributed by atoms with Crippen LogP contribution in [0, 0.1) is 0 Å². The first-order chi connectivity index (χ1) is 71.3. The Kier molecular flexibility index (Phi) is 45.7. The van der Waals surface area contributed by atoms with Gasteiger partial charge in [-0.25, -0.2) is 19.9 Å². The number of ether oxygens (including phenoxy) is 18. The summed E-state index contributed by atoms with van der Waals surface area (Å²) in [5.74, 6) is 7.53. The van der Waals surface area contributed by atoms with Crippen LogP contribution in [0.5, 0.6) is 23.0 Å². The monoisotopic (exact) mass is 2160 g/mol. The largest absolute Gasteiger partial charge is 0.491 e. The highest BCUT2D eigenvalue weighted by molar-refractivity contribution is 8.00. The van der Waals surface area contributed by atoms with E-state index in [0.717, 1.165) is 117 Å². The van der Waals surface area contributed by atoms with Gasteiger partial charge in [0.2, 0.25) is 0 Å². The number of benzene rings is 6. The number of aliphatic hydroxyl groups excluding tert-OH is 4. The molecular formula is C104H128N8O24S9. The maximum absolute atomic E-state index is 9.40. The number of thioether (sulfide) groups is 4. The van der Waals surface area contributed by atoms with Gasteiger partial charge >= 0.3 is 0 Å². The quantitative estimate of drug-likeness (QED) is 0.0117. The number of fused-ring (bicyclic) bond motifs is 4. The maximum atomic E-state index is 9.40. The van der Waals surface area contributed by atoms with E-state index < -0.39 is 36.0 Å². The van der Waals surface area contributed by atoms with Gasteiger partial charge in [-0.1, -0.05) is 39.8 Å². The molecule has 41 heteroatoms. The first kappa shape index (κ1) is 112. The zero-order valence-electron chi connectivity index (χ0n) is 81.9. The zero-order valence-corrected chi connectivity index (χ0v) is 89.2. The number of aliphatic hydroxyl groups is 6. The van der Waals surface area contributed by atoms with Crippen LogP contribution in [0.4, 0.5) is 0 Å². The number of rotatable bonds is 74. The van der Waals surface area contributed by atoms with Gasteiger partial charge in [-0.3, -0.25) is 0 Å². The summed E-state index contributed by atoms with van der Waals surface area (Å²) >= 11 is 13.6. The number of hydrogen-bond acceptors (Lipinski definition) is 41. The van der Waals surface area contributed by atoms with Gasteiger partial charge in [0, 0.05) is 121 Å². The second-order valence-electron chi connectivity index (χ2n) is 33.6. The molecule has 145 heavy (non-hydrogen) atoms. The minimum atomic E-state index is -1.34. The predicted octanol–water partition coefficient (Wildman–Crippen LogP) is 16.7. The number of hydrogen-bond donors (Lipinski definition) is 6. The molecule has 2 saturated heterocycles. The first-order valence-electron chi connectivity index (χ1n) is 49.1. The van der Waals surface area contributed by atoms with Crippen LogP contribution in [0.15, 0.2) is 144 Å². The summed E-state index contributed by atoms with van der Waals surface area (Å²) in [7, 11) is 0. The van der Waals surface area contributed by atoms with Crippen molar-refractivity contribution in [1.82, 2.24) is 37.4 Å². The summed E-state index contributed by atoms with van der Waals surface area (Å²) in [6, 6.07) is 44.9. The lowest BCUT2D eigenvalue weighted by Gasteiger charge is -2.33. The van der Waals surface area contributed by atoms with E-state index in [1.54, 1.807) is 57.5 Å². The SMILES string of the molecule is CCC(CC)(c1cccs1)c1c2nsnc2c(-c2ccc(C(CC)(CC)c3c4nsnc4c(-c4cccs4)c4nc(-c5ccc(OCCOCCOCCOCCSCC6OC6O)cc5)c(-c5ccc(OCCOCCOCCOCCSCC(O)O)cc5)nc34)s2)c2nc(-c3ccc(OCCOCCOCCOCCSCC(O)O)cc3)c(-c3ccc(OCCOCCOCCOCCSCC4OC4O)cc3)nc12. The standard InChI is InChI=1S/C104H128N8O24S9/c1-5-103(6-2,81-12-10-60-142-81)87-97-94(106-90(70-15-23-74(24-16-70)132-52-48-125-37-33-121-41-45-129-57-63-139-67-83(113)114)92(107-97)72-19-27-76(28-20-72)134-54-49-124-36-32-120-40-44-128-56-62-138-66-78-102(118)136-78)86(96-99(87)111-145-110-96)80-29-30-82(143-80)104(7-3,8-4)88-98-93(85(79-11-9-59-141-79)95-100(88)112-144-109-95)105-89(69-13-21-73(22-14-69)131-51-47-123-35-31-119-39-43-127-55-61-137-65-77-101(117)135-77)91(108-98)71-17-25-75(26-18-71)133-53-50-126-38-34-122-42-46-130-58-64-140-68-84(115)116/h9-30,59-60,77-78,83-84,101-102,113-118H,5-8,31-58,61-68H2,1-4H3. The summed E-state index contributed by atoms with van der Waals surface area (Å²) in [4.78, 5) is 28.2. The Morgan fingerprint density at radius 1 is 0.310 bits per heavy atom. The number of epoxide rings is 2. The molecule has 7 aromatic heterocycles. The molecule has 0 spiro atoms. The van der Waals surface area contributed by atoms with E-state index in [2.05, 4.69) is 74.9 Å². The Morgan fingerprint density at radius 3 is 0.903 bits per heavy atom. The van der Waals surface area contributed by atoms with Crippen LogP contribution in [0.3, 0.4) is 0 Å². The fraction of sp³-hybridized carbons (Fsp3) is 0.500. The molecule has 15 rings (SSSR count). The molecule has 0 radical (unpaired) electrons. The van der Waals surface area contributed by atoms with E-state index in [4.69, 9.17) is 143 Å². The minimum Gasteiger partial charge on any atom is -0.491 e. The van der Waals surface area contributed by atoms with Crippen molar-refractivity contribution in [3.63, 3.8) is 0 Å². The topological polar surface area (TPSA) is 397 Å². The van der Waals surface area contributed by atoms with Crippen LogP contribution >= 0.6 is 105 Å². The molecule has 2 aliphatic rings. The van der Waals surface area contributed by atoms with Crippen molar-refractivity contribution >= 4 is 149 Å². The second kappa shape index (κ2) is 59.4. The molecular weight excluding hydrogens is 2030 g/mol. The molecule has 6 aromatic carbocycles. The summed E-state index contributed by atoms with van der Waals surface area (Å²) in [6.07, 6.45) is -1.36. The summed E-state index contributed by atoms with van der Waals surface area (Å²) in [6.45, 7) is 20.4. The third-order valence-corrected chi connectivity index (χ3v) is 32.6. The van der Waals surface area contributed by atoms with Crippen molar-refractivity contribution in [3.8, 4) is 88.9 Å². The van der Waals surface area contributed by atoms with Crippen molar-refractivity contribution < 1.29 is 116 Å². The summed E-state index contributed by atoms with van der Waals surface area (Å²) in [5.41, 5.74) is 13.6. The molecule has 9 heterocycles. The summed E-state index contributed by atoms with van der Waals surface area (Å²) in [5, 5.41) is 59.5. The molecule has 0 bridgehead atoms. The average Bonchev–Trinajstić information content (AvgIpc) is 1.61. The maximum Gasteiger partial charge on any atom is 0.182 e. The highest BCUT2D eigenvalue weighted by atomic mass is 32.2. The van der Waals surface area contributed by atoms with Crippen LogP contribution in [0.25, 0.3) is 110 Å². The summed E-state index contributed by atoms with van der Waals surface area (Å²) < 4.78 is 126. The van der Waals surface area contributed by atoms with Gasteiger partial charge in [0.15, 0.2) is 25.2 Å². The van der Waals surface area contributed by atoms with Crippen molar-refractivity contribution in [2.24, 2.45) is 0 Å². The smallest absolute Gasteiger partial charge is 0.182 e. The number of aromatic nitrogens is 8. The Morgan fingerprint density at radius 2 is 0.600 bits per heavy atom. The lowest BCUT2D eigenvalue weighted by Crippen LogP contribution is -2.26. The van der Waals surface area contributed by atoms with Crippen molar-refractivity contribution in [3.05, 3.63) is 165 Å². The highest BCUT2D eigenvalue weighted by Crippen LogP contribution is 2.55. The normalized spacial score (nSPS) is 14.9. The molecule has 6 N–H and O–H groups in total. The number of thiophene rings is 3. The third-order valence-electron chi connectivity index (χ3n) is 24.3. The van der Waals surface area contributed by atoms with E-state index >= 15 is 0 Å². The number of nitrogens with zero attached hydrogens (tertiary/aromatic N) is 8. The van der Waals surface area contributed by atoms with Gasteiger partial charge in [0.05, 0.1) is 216 Å². The van der Waals surface area contributed by atoms with Gasteiger partial charge in [-0.05, 0) is 158 Å². The lowest BCUT2D eigenvalue weighted by molar-refractivity contribution is -0.0194. The Labute approximate surface area is 881 Å². The van der Waals surface area contributed by atoms with E-state index in [9.17, 15) is 10.2 Å². The van der Waals surface area contributed by atoms with Gasteiger partial charge in [-0.2, -0.15) is 64.5 Å². The van der Waals surface area contributed by atoms with Crippen LogP contribution in [-0.2, 0) is 77.1 Å². The van der Waals surface area contributed by atoms with E-state index in [0.29, 0.717) is 277 Å². The third kappa shape index (κ3) is 31.6. The lowest BCUT2D eigenvalue weighted by atomic mass is 9.72. The van der Waals surface area contributed by atoms with E-state index in [-0.39, 0.29) is 23.7 Å². The fourth-order valence-electron chi connectivity index (χ4n) is 16.7.